The Kier molecular flexibility index (Phi) is 6.63. The van der Waals surface area contributed by atoms with Crippen LogP contribution in [0, 0.1) is 0 Å². The van der Waals surface area contributed by atoms with Crippen molar-refractivity contribution in [3.8, 4) is 5.75 Å². The van der Waals surface area contributed by atoms with Gasteiger partial charge in [-0.1, -0.05) is 36.7 Å². The molecule has 0 N–H and O–H groups in total. The number of amides is 1. The van der Waals surface area contributed by atoms with Gasteiger partial charge in [0.05, 0.1) is 5.69 Å². The van der Waals surface area contributed by atoms with Crippen molar-refractivity contribution in [2.24, 2.45) is 0 Å². The number of halogens is 1. The summed E-state index contributed by atoms with van der Waals surface area (Å²) >= 11 is 7.62. The van der Waals surface area contributed by atoms with E-state index in [1.54, 1.807) is 40.9 Å². The lowest BCUT2D eigenvalue weighted by atomic mass is 10.2. The van der Waals surface area contributed by atoms with Crippen LogP contribution in [-0.2, 0) is 14.3 Å². The number of hydrogen-bond acceptors (Lipinski definition) is 5. The Morgan fingerprint density at radius 1 is 1.19 bits per heavy atom. The zero-order valence-electron chi connectivity index (χ0n) is 14.9. The van der Waals surface area contributed by atoms with E-state index in [0.29, 0.717) is 22.6 Å². The number of anilines is 1. The van der Waals surface area contributed by atoms with Crippen LogP contribution in [0.4, 0.5) is 5.69 Å². The number of carbonyl (C=O) groups is 2. The minimum Gasteiger partial charge on any atom is -0.482 e. The smallest absolute Gasteiger partial charge is 0.344 e. The first-order valence-electron chi connectivity index (χ1n) is 8.63. The van der Waals surface area contributed by atoms with Gasteiger partial charge in [-0.3, -0.25) is 4.79 Å². The van der Waals surface area contributed by atoms with Gasteiger partial charge in [-0.05, 0) is 36.8 Å². The standard InChI is InChI=1S/C20H20ClNO4S/c1-14-9-10-22(17-7-2-3-8-18(17)27-14)19(23)12-26-20(24)13-25-16-6-4-5-15(21)11-16/h2-8,11,14H,9-10,12-13H2,1H3. The number of carbonyl (C=O) groups excluding carboxylic acids is 2. The molecule has 1 unspecified atom stereocenters. The average Bonchev–Trinajstić information content (AvgIpc) is 2.82. The van der Waals surface area contributed by atoms with E-state index in [9.17, 15) is 9.59 Å². The van der Waals surface area contributed by atoms with Gasteiger partial charge in [0.15, 0.2) is 13.2 Å². The van der Waals surface area contributed by atoms with Crippen molar-refractivity contribution in [3.63, 3.8) is 0 Å². The largest absolute Gasteiger partial charge is 0.482 e. The Bertz CT molecular complexity index is 829. The minimum atomic E-state index is -0.603. The summed E-state index contributed by atoms with van der Waals surface area (Å²) in [5.41, 5.74) is 0.864. The molecule has 2 aromatic carbocycles. The molecule has 5 nitrogen and oxygen atoms in total. The minimum absolute atomic E-state index is 0.242. The predicted octanol–water partition coefficient (Wildman–Crippen LogP) is 4.18. The number of fused-ring (bicyclic) bond motifs is 1. The van der Waals surface area contributed by atoms with E-state index >= 15 is 0 Å². The van der Waals surface area contributed by atoms with Gasteiger partial charge in [0.1, 0.15) is 5.75 Å². The Balaban J connectivity index is 1.55. The second kappa shape index (κ2) is 9.15. The van der Waals surface area contributed by atoms with E-state index in [-0.39, 0.29) is 19.1 Å². The van der Waals surface area contributed by atoms with E-state index in [1.807, 2.05) is 24.3 Å². The molecule has 0 aliphatic carbocycles. The summed E-state index contributed by atoms with van der Waals surface area (Å²) in [5, 5.41) is 0.931. The third-order valence-electron chi connectivity index (χ3n) is 4.05. The molecule has 7 heteroatoms. The molecule has 0 aromatic heterocycles. The van der Waals surface area contributed by atoms with Crippen LogP contribution in [0.25, 0.3) is 0 Å². The third-order valence-corrected chi connectivity index (χ3v) is 5.53. The summed E-state index contributed by atoms with van der Waals surface area (Å²) in [6.45, 7) is 2.14. The lowest BCUT2D eigenvalue weighted by Gasteiger charge is -2.22. The second-order valence-corrected chi connectivity index (χ2v) is 8.05. The van der Waals surface area contributed by atoms with Crippen molar-refractivity contribution in [2.75, 3.05) is 24.7 Å². The molecular weight excluding hydrogens is 386 g/mol. The van der Waals surface area contributed by atoms with Gasteiger partial charge in [0.2, 0.25) is 0 Å². The summed E-state index contributed by atoms with van der Waals surface area (Å²) < 4.78 is 10.4. The van der Waals surface area contributed by atoms with Crippen molar-refractivity contribution >= 4 is 40.9 Å². The molecule has 1 atom stereocenters. The van der Waals surface area contributed by atoms with Crippen molar-refractivity contribution in [1.82, 2.24) is 0 Å². The molecule has 0 saturated carbocycles. The summed E-state index contributed by atoms with van der Waals surface area (Å²) in [6, 6.07) is 14.5. The first-order valence-corrected chi connectivity index (χ1v) is 9.89. The van der Waals surface area contributed by atoms with Gasteiger partial charge in [-0.2, -0.15) is 0 Å². The Morgan fingerprint density at radius 2 is 2.00 bits per heavy atom. The predicted molar refractivity (Wildman–Crippen MR) is 107 cm³/mol. The normalized spacial score (nSPS) is 16.2. The quantitative estimate of drug-likeness (QED) is 0.698. The average molecular weight is 406 g/mol. The zero-order chi connectivity index (χ0) is 19.2. The van der Waals surface area contributed by atoms with Crippen molar-refractivity contribution < 1.29 is 19.1 Å². The van der Waals surface area contributed by atoms with E-state index in [4.69, 9.17) is 21.1 Å². The summed E-state index contributed by atoms with van der Waals surface area (Å²) in [7, 11) is 0. The lowest BCUT2D eigenvalue weighted by molar-refractivity contribution is -0.149. The number of para-hydroxylation sites is 1. The molecule has 3 rings (SSSR count). The van der Waals surface area contributed by atoms with Gasteiger partial charge in [0, 0.05) is 21.7 Å². The van der Waals surface area contributed by atoms with E-state index < -0.39 is 5.97 Å². The molecular formula is C20H20ClNO4S. The monoisotopic (exact) mass is 405 g/mol. The maximum Gasteiger partial charge on any atom is 0.344 e. The molecule has 0 saturated heterocycles. The fourth-order valence-corrected chi connectivity index (χ4v) is 4.00. The molecule has 27 heavy (non-hydrogen) atoms. The Labute approximate surface area is 167 Å². The van der Waals surface area contributed by atoms with Crippen LogP contribution in [0.5, 0.6) is 5.75 Å². The van der Waals surface area contributed by atoms with E-state index in [2.05, 4.69) is 6.92 Å². The van der Waals surface area contributed by atoms with Crippen LogP contribution in [-0.4, -0.2) is 36.9 Å². The third kappa shape index (κ3) is 5.40. The molecule has 1 aliphatic rings. The lowest BCUT2D eigenvalue weighted by Crippen LogP contribution is -2.36. The fourth-order valence-electron chi connectivity index (χ4n) is 2.71. The maximum absolute atomic E-state index is 12.6. The van der Waals surface area contributed by atoms with Gasteiger partial charge < -0.3 is 14.4 Å². The van der Waals surface area contributed by atoms with Crippen molar-refractivity contribution in [1.29, 1.82) is 0 Å². The molecule has 1 aliphatic heterocycles. The first-order chi connectivity index (χ1) is 13.0. The highest BCUT2D eigenvalue weighted by atomic mass is 35.5. The second-order valence-electron chi connectivity index (χ2n) is 6.14. The van der Waals surface area contributed by atoms with Gasteiger partial charge in [0.25, 0.3) is 5.91 Å². The highest BCUT2D eigenvalue weighted by Crippen LogP contribution is 2.37. The number of hydrogen-bond donors (Lipinski definition) is 0. The highest BCUT2D eigenvalue weighted by molar-refractivity contribution is 8.00. The van der Waals surface area contributed by atoms with Crippen LogP contribution < -0.4 is 9.64 Å². The van der Waals surface area contributed by atoms with Crippen LogP contribution >= 0.6 is 23.4 Å². The van der Waals surface area contributed by atoms with Crippen molar-refractivity contribution in [2.45, 2.75) is 23.5 Å². The van der Waals surface area contributed by atoms with E-state index in [0.717, 1.165) is 17.0 Å². The number of nitrogens with zero attached hydrogens (tertiary/aromatic N) is 1. The summed E-state index contributed by atoms with van der Waals surface area (Å²) in [5.74, 6) is -0.374. The number of thioether (sulfide) groups is 1. The molecule has 0 spiro atoms. The maximum atomic E-state index is 12.6. The molecule has 2 aromatic rings. The van der Waals surface area contributed by atoms with Gasteiger partial charge in [-0.25, -0.2) is 4.79 Å². The molecule has 0 radical (unpaired) electrons. The number of rotatable bonds is 5. The van der Waals surface area contributed by atoms with Crippen LogP contribution in [0.1, 0.15) is 13.3 Å². The summed E-state index contributed by atoms with van der Waals surface area (Å²) in [6.07, 6.45) is 0.872. The number of benzene rings is 2. The highest BCUT2D eigenvalue weighted by Gasteiger charge is 2.24. The molecule has 0 fully saturated rings. The topological polar surface area (TPSA) is 55.8 Å². The first kappa shape index (κ1) is 19.6. The van der Waals surface area contributed by atoms with Crippen molar-refractivity contribution in [3.05, 3.63) is 53.6 Å². The van der Waals surface area contributed by atoms with Crippen LogP contribution in [0.3, 0.4) is 0 Å². The zero-order valence-corrected chi connectivity index (χ0v) is 16.5. The van der Waals surface area contributed by atoms with Gasteiger partial charge >= 0.3 is 5.97 Å². The van der Waals surface area contributed by atoms with E-state index in [1.165, 1.54) is 0 Å². The summed E-state index contributed by atoms with van der Waals surface area (Å²) in [4.78, 5) is 27.3. The Morgan fingerprint density at radius 3 is 2.81 bits per heavy atom. The number of esters is 1. The Hall–Kier alpha value is -2.18. The fraction of sp³-hybridized carbons (Fsp3) is 0.300. The van der Waals surface area contributed by atoms with Gasteiger partial charge in [-0.15, -0.1) is 11.8 Å². The number of ether oxygens (including phenoxy) is 2. The van der Waals surface area contributed by atoms with Crippen LogP contribution in [0.15, 0.2) is 53.4 Å². The molecule has 142 valence electrons. The molecule has 1 heterocycles. The molecule has 0 bridgehead atoms. The van der Waals surface area contributed by atoms with Crippen LogP contribution in [0.2, 0.25) is 5.02 Å². The molecule has 1 amide bonds. The SMILES string of the molecule is CC1CCN(C(=O)COC(=O)COc2cccc(Cl)c2)c2ccccc2S1.